The summed E-state index contributed by atoms with van der Waals surface area (Å²) in [6, 6.07) is 23.0. The summed E-state index contributed by atoms with van der Waals surface area (Å²) in [7, 11) is 0. The molecule has 1 N–H and O–H groups in total. The maximum Gasteiger partial charge on any atom is 0.416 e. The number of halogens is 4. The Hall–Kier alpha value is -4.96. The normalized spacial score (nSPS) is 11.6. The molecule has 1 heterocycles. The molecule has 42 heavy (non-hydrogen) atoms. The molecule has 1 amide bonds. The standard InChI is InChI=1S/C31H22ClF3N4O3/c1-19-9-12-23(13-10-19)37-28(40)18-42-27-14-11-20(15-25(27)32)17-36-39-29(21-5-4-6-22(16-21)31(33,34)35)38-26-8-3-2-7-24(26)30(39)41/h2-17H,18H2,1H3,(H,37,40). The van der Waals surface area contributed by atoms with E-state index in [0.29, 0.717) is 16.8 Å². The number of carbonyl (C=O) groups excluding carboxylic acids is 1. The van der Waals surface area contributed by atoms with E-state index >= 15 is 0 Å². The van der Waals surface area contributed by atoms with Gasteiger partial charge in [0.2, 0.25) is 0 Å². The topological polar surface area (TPSA) is 85.6 Å². The smallest absolute Gasteiger partial charge is 0.416 e. The Morgan fingerprint density at radius 3 is 2.52 bits per heavy atom. The van der Waals surface area contributed by atoms with Crippen molar-refractivity contribution in [2.75, 3.05) is 11.9 Å². The van der Waals surface area contributed by atoms with Crippen LogP contribution in [0.5, 0.6) is 5.75 Å². The second kappa shape index (κ2) is 11.9. The maximum atomic E-state index is 13.4. The van der Waals surface area contributed by atoms with Gasteiger partial charge in [-0.2, -0.15) is 22.9 Å². The molecule has 0 unspecified atom stereocenters. The number of benzene rings is 4. The van der Waals surface area contributed by atoms with Crippen molar-refractivity contribution in [2.24, 2.45) is 5.10 Å². The van der Waals surface area contributed by atoms with E-state index in [9.17, 15) is 22.8 Å². The molecule has 5 aromatic rings. The first-order valence-corrected chi connectivity index (χ1v) is 13.0. The number of amides is 1. The number of anilines is 1. The van der Waals surface area contributed by atoms with Crippen LogP contribution in [0.25, 0.3) is 22.3 Å². The van der Waals surface area contributed by atoms with Gasteiger partial charge in [-0.3, -0.25) is 9.59 Å². The molecule has 5 rings (SSSR count). The second-order valence-corrected chi connectivity index (χ2v) is 9.69. The fourth-order valence-corrected chi connectivity index (χ4v) is 4.31. The lowest BCUT2D eigenvalue weighted by molar-refractivity contribution is -0.137. The summed E-state index contributed by atoms with van der Waals surface area (Å²) in [4.78, 5) is 30.0. The lowest BCUT2D eigenvalue weighted by atomic mass is 10.1. The number of hydrogen-bond acceptors (Lipinski definition) is 5. The third kappa shape index (κ3) is 6.50. The van der Waals surface area contributed by atoms with E-state index in [1.165, 1.54) is 30.5 Å². The average molecular weight is 591 g/mol. The summed E-state index contributed by atoms with van der Waals surface area (Å²) in [6.45, 7) is 1.66. The van der Waals surface area contributed by atoms with Crippen LogP contribution in [-0.2, 0) is 11.0 Å². The van der Waals surface area contributed by atoms with Crippen LogP contribution in [0.3, 0.4) is 0 Å². The minimum atomic E-state index is -4.58. The minimum Gasteiger partial charge on any atom is -0.482 e. The average Bonchev–Trinajstić information content (AvgIpc) is 2.97. The molecule has 0 saturated carbocycles. The largest absolute Gasteiger partial charge is 0.482 e. The van der Waals surface area contributed by atoms with E-state index in [-0.39, 0.29) is 40.1 Å². The third-order valence-corrected chi connectivity index (χ3v) is 6.47. The zero-order chi connectivity index (χ0) is 29.9. The highest BCUT2D eigenvalue weighted by Crippen LogP contribution is 2.32. The molecule has 0 atom stereocenters. The Bertz CT molecular complexity index is 1870. The molecule has 0 aliphatic rings. The molecule has 7 nitrogen and oxygen atoms in total. The van der Waals surface area contributed by atoms with Gasteiger partial charge in [0, 0.05) is 11.3 Å². The van der Waals surface area contributed by atoms with Crippen molar-refractivity contribution >= 4 is 40.3 Å². The first-order chi connectivity index (χ1) is 20.1. The highest BCUT2D eigenvalue weighted by Gasteiger charge is 2.31. The van der Waals surface area contributed by atoms with Gasteiger partial charge in [-0.05, 0) is 67.1 Å². The highest BCUT2D eigenvalue weighted by atomic mass is 35.5. The van der Waals surface area contributed by atoms with Crippen molar-refractivity contribution in [1.29, 1.82) is 0 Å². The van der Waals surface area contributed by atoms with Crippen molar-refractivity contribution in [2.45, 2.75) is 13.1 Å². The fraction of sp³-hybridized carbons (Fsp3) is 0.0968. The van der Waals surface area contributed by atoms with Crippen LogP contribution in [-0.4, -0.2) is 28.4 Å². The summed E-state index contributed by atoms with van der Waals surface area (Å²) < 4.78 is 46.7. The Balaban J connectivity index is 1.40. The van der Waals surface area contributed by atoms with E-state index in [4.69, 9.17) is 16.3 Å². The monoisotopic (exact) mass is 590 g/mol. The first kappa shape index (κ1) is 28.6. The highest BCUT2D eigenvalue weighted by molar-refractivity contribution is 6.32. The predicted molar refractivity (Wildman–Crippen MR) is 156 cm³/mol. The van der Waals surface area contributed by atoms with E-state index in [2.05, 4.69) is 15.4 Å². The van der Waals surface area contributed by atoms with Crippen LogP contribution < -0.4 is 15.6 Å². The number of aryl methyl sites for hydroxylation is 1. The van der Waals surface area contributed by atoms with E-state index in [1.807, 2.05) is 19.1 Å². The van der Waals surface area contributed by atoms with Crippen LogP contribution in [0.2, 0.25) is 5.02 Å². The molecule has 212 valence electrons. The van der Waals surface area contributed by atoms with E-state index in [1.54, 1.807) is 42.5 Å². The summed E-state index contributed by atoms with van der Waals surface area (Å²) in [5.41, 5.74) is 1.10. The zero-order valence-electron chi connectivity index (χ0n) is 22.0. The first-order valence-electron chi connectivity index (χ1n) is 12.6. The van der Waals surface area contributed by atoms with Crippen molar-refractivity contribution in [3.8, 4) is 17.1 Å². The van der Waals surface area contributed by atoms with Gasteiger partial charge in [-0.1, -0.05) is 53.6 Å². The van der Waals surface area contributed by atoms with E-state index < -0.39 is 17.3 Å². The number of para-hydroxylation sites is 1. The third-order valence-electron chi connectivity index (χ3n) is 6.17. The quantitative estimate of drug-likeness (QED) is 0.208. The maximum absolute atomic E-state index is 13.4. The number of alkyl halides is 3. The number of nitrogens with one attached hydrogen (secondary N) is 1. The van der Waals surface area contributed by atoms with Crippen molar-refractivity contribution in [3.05, 3.63) is 123 Å². The fourth-order valence-electron chi connectivity index (χ4n) is 4.07. The molecular formula is C31H22ClF3N4O3. The van der Waals surface area contributed by atoms with Crippen LogP contribution >= 0.6 is 11.6 Å². The molecule has 0 aliphatic carbocycles. The molecule has 0 bridgehead atoms. The number of aromatic nitrogens is 2. The molecule has 4 aromatic carbocycles. The van der Waals surface area contributed by atoms with E-state index in [0.717, 1.165) is 22.4 Å². The number of fused-ring (bicyclic) bond motifs is 1. The van der Waals surface area contributed by atoms with Crippen LogP contribution in [0.15, 0.2) is 101 Å². The molecule has 0 fully saturated rings. The number of hydrogen-bond donors (Lipinski definition) is 1. The van der Waals surface area contributed by atoms with Gasteiger partial charge in [0.25, 0.3) is 11.5 Å². The lowest BCUT2D eigenvalue weighted by Crippen LogP contribution is -2.20. The lowest BCUT2D eigenvalue weighted by Gasteiger charge is -2.12. The van der Waals surface area contributed by atoms with Gasteiger partial charge in [0.05, 0.1) is 27.7 Å². The Labute approximate surface area is 242 Å². The summed E-state index contributed by atoms with van der Waals surface area (Å²) in [6.07, 6.45) is -3.25. The van der Waals surface area contributed by atoms with Crippen molar-refractivity contribution in [3.63, 3.8) is 0 Å². The predicted octanol–water partition coefficient (Wildman–Crippen LogP) is 6.94. The molecule has 0 aliphatic heterocycles. The van der Waals surface area contributed by atoms with Gasteiger partial charge in [-0.25, -0.2) is 4.98 Å². The Morgan fingerprint density at radius 2 is 1.79 bits per heavy atom. The van der Waals surface area contributed by atoms with Gasteiger partial charge in [0.15, 0.2) is 12.4 Å². The van der Waals surface area contributed by atoms with Crippen LogP contribution in [0, 0.1) is 6.92 Å². The minimum absolute atomic E-state index is 0.0633. The van der Waals surface area contributed by atoms with Gasteiger partial charge in [0.1, 0.15) is 5.75 Å². The molecule has 0 radical (unpaired) electrons. The van der Waals surface area contributed by atoms with Gasteiger partial charge >= 0.3 is 6.18 Å². The summed E-state index contributed by atoms with van der Waals surface area (Å²) >= 11 is 6.36. The zero-order valence-corrected chi connectivity index (χ0v) is 22.8. The molecular weight excluding hydrogens is 569 g/mol. The van der Waals surface area contributed by atoms with Gasteiger partial charge < -0.3 is 10.1 Å². The summed E-state index contributed by atoms with van der Waals surface area (Å²) in [5, 5.41) is 7.42. The SMILES string of the molecule is Cc1ccc(NC(=O)COc2ccc(C=Nn3c(-c4cccc(C(F)(F)F)c4)nc4ccccc4c3=O)cc2Cl)cc1. The van der Waals surface area contributed by atoms with Crippen LogP contribution in [0.4, 0.5) is 18.9 Å². The molecule has 11 heteroatoms. The number of carbonyl (C=O) groups is 1. The molecule has 1 aromatic heterocycles. The Kier molecular flexibility index (Phi) is 8.08. The number of rotatable bonds is 7. The number of nitrogens with zero attached hydrogens (tertiary/aromatic N) is 3. The van der Waals surface area contributed by atoms with Gasteiger partial charge in [-0.15, -0.1) is 0 Å². The molecule has 0 saturated heterocycles. The van der Waals surface area contributed by atoms with Crippen molar-refractivity contribution < 1.29 is 22.7 Å². The molecule has 0 spiro atoms. The second-order valence-electron chi connectivity index (χ2n) is 9.29. The van der Waals surface area contributed by atoms with Crippen LogP contribution in [0.1, 0.15) is 16.7 Å². The number of ether oxygens (including phenoxy) is 1. The summed E-state index contributed by atoms with van der Waals surface area (Å²) in [5.74, 6) is -0.181. The Morgan fingerprint density at radius 1 is 1.02 bits per heavy atom. The van der Waals surface area contributed by atoms with Crippen molar-refractivity contribution in [1.82, 2.24) is 9.66 Å².